The van der Waals surface area contributed by atoms with Gasteiger partial charge in [-0.05, 0) is 11.4 Å². The molecule has 3 aromatic rings. The Bertz CT molecular complexity index is 873. The summed E-state index contributed by atoms with van der Waals surface area (Å²) in [5.41, 5.74) is -0.991. The average molecular weight is 457 g/mol. The third-order valence-corrected chi connectivity index (χ3v) is 4.28. The molecular formula is C24H22BrFO3. The molecule has 5 heteroatoms. The number of aliphatic hydroxyl groups excluding tert-OH is 1. The summed E-state index contributed by atoms with van der Waals surface area (Å²) < 4.78 is 21.3. The zero-order valence-corrected chi connectivity index (χ0v) is 17.6. The van der Waals surface area contributed by atoms with Crippen molar-refractivity contribution in [1.29, 1.82) is 0 Å². The normalized spacial score (nSPS) is 11.2. The minimum absolute atomic E-state index is 0.190. The predicted molar refractivity (Wildman–Crippen MR) is 118 cm³/mol. The SMILES string of the molecule is CBr.O=C(OC/C(=C/O)c1ccccc1)C(F)(c1ccccc1)c1ccccc1. The maximum Gasteiger partial charge on any atom is 0.353 e. The van der Waals surface area contributed by atoms with Gasteiger partial charge in [-0.2, -0.15) is 0 Å². The van der Waals surface area contributed by atoms with Gasteiger partial charge in [0, 0.05) is 16.7 Å². The average Bonchev–Trinajstić information content (AvgIpc) is 2.82. The number of hydrogen-bond donors (Lipinski definition) is 1. The molecule has 150 valence electrons. The molecule has 0 aliphatic rings. The molecule has 3 rings (SSSR count). The van der Waals surface area contributed by atoms with Gasteiger partial charge in [-0.3, -0.25) is 0 Å². The van der Waals surface area contributed by atoms with Crippen molar-refractivity contribution in [1.82, 2.24) is 0 Å². The number of ether oxygens (including phenoxy) is 1. The van der Waals surface area contributed by atoms with Crippen LogP contribution in [-0.4, -0.2) is 23.5 Å². The van der Waals surface area contributed by atoms with Crippen molar-refractivity contribution in [2.45, 2.75) is 5.67 Å². The largest absolute Gasteiger partial charge is 0.515 e. The molecule has 0 aromatic heterocycles. The Balaban J connectivity index is 0.00000145. The fourth-order valence-corrected chi connectivity index (χ4v) is 2.83. The molecule has 3 nitrogen and oxygen atoms in total. The second kappa shape index (κ2) is 11.2. The molecular weight excluding hydrogens is 435 g/mol. The lowest BCUT2D eigenvalue weighted by Gasteiger charge is -2.24. The zero-order chi connectivity index (χ0) is 21.1. The second-order valence-electron chi connectivity index (χ2n) is 5.99. The smallest absolute Gasteiger partial charge is 0.353 e. The number of halogens is 2. The van der Waals surface area contributed by atoms with Crippen LogP contribution < -0.4 is 0 Å². The summed E-state index contributed by atoms with van der Waals surface area (Å²) in [4.78, 5) is 12.8. The summed E-state index contributed by atoms with van der Waals surface area (Å²) in [6.45, 7) is -0.245. The second-order valence-corrected chi connectivity index (χ2v) is 5.99. The number of carbonyl (C=O) groups excluding carboxylic acids is 1. The molecule has 0 aliphatic carbocycles. The molecule has 3 aromatic carbocycles. The minimum Gasteiger partial charge on any atom is -0.515 e. The highest BCUT2D eigenvalue weighted by atomic mass is 79.9. The van der Waals surface area contributed by atoms with Crippen LogP contribution in [0, 0.1) is 0 Å². The van der Waals surface area contributed by atoms with Crippen LogP contribution >= 0.6 is 15.9 Å². The van der Waals surface area contributed by atoms with Crippen molar-refractivity contribution in [3.63, 3.8) is 0 Å². The first-order valence-corrected chi connectivity index (χ1v) is 10.5. The molecule has 0 saturated carbocycles. The number of carbonyl (C=O) groups is 1. The first kappa shape index (κ1) is 22.4. The van der Waals surface area contributed by atoms with Crippen molar-refractivity contribution < 1.29 is 19.0 Å². The highest BCUT2D eigenvalue weighted by Gasteiger charge is 2.44. The first-order chi connectivity index (χ1) is 14.2. The van der Waals surface area contributed by atoms with Gasteiger partial charge in [0.05, 0.1) is 6.26 Å². The Morgan fingerprint density at radius 2 is 1.31 bits per heavy atom. The van der Waals surface area contributed by atoms with Gasteiger partial charge in [-0.15, -0.1) is 0 Å². The third kappa shape index (κ3) is 5.33. The van der Waals surface area contributed by atoms with Gasteiger partial charge in [0.1, 0.15) is 6.61 Å². The van der Waals surface area contributed by atoms with Gasteiger partial charge in [0.2, 0.25) is 0 Å². The molecule has 0 unspecified atom stereocenters. The van der Waals surface area contributed by atoms with Gasteiger partial charge in [-0.25, -0.2) is 9.18 Å². The fourth-order valence-electron chi connectivity index (χ4n) is 2.83. The molecule has 0 atom stereocenters. The van der Waals surface area contributed by atoms with Gasteiger partial charge < -0.3 is 9.84 Å². The van der Waals surface area contributed by atoms with Crippen molar-refractivity contribution in [3.05, 3.63) is 114 Å². The van der Waals surface area contributed by atoms with Crippen molar-refractivity contribution in [2.24, 2.45) is 0 Å². The highest BCUT2D eigenvalue weighted by molar-refractivity contribution is 9.08. The lowest BCUT2D eigenvalue weighted by Crippen LogP contribution is -2.34. The summed E-state index contributed by atoms with van der Waals surface area (Å²) in [5, 5.41) is 9.48. The number of aliphatic hydroxyl groups is 1. The standard InChI is InChI=1S/C23H19FO3.CH3Br/c24-23(20-12-6-2-7-13-20,21-14-8-3-9-15-21)22(26)27-17-19(16-25)18-10-4-1-5-11-18;1-2/h1-16,25H,17H2;1H3/b19-16-;. The molecule has 0 amide bonds. The first-order valence-electron chi connectivity index (χ1n) is 8.90. The van der Waals surface area contributed by atoms with E-state index in [9.17, 15) is 9.90 Å². The predicted octanol–water partition coefficient (Wildman–Crippen LogP) is 6.05. The molecule has 1 N–H and O–H groups in total. The quantitative estimate of drug-likeness (QED) is 0.278. The number of esters is 1. The van der Waals surface area contributed by atoms with Crippen LogP contribution in [0.15, 0.2) is 97.3 Å². The van der Waals surface area contributed by atoms with Gasteiger partial charge in [-0.1, -0.05) is 107 Å². The van der Waals surface area contributed by atoms with Crippen LogP contribution in [0.5, 0.6) is 0 Å². The van der Waals surface area contributed by atoms with E-state index in [4.69, 9.17) is 4.74 Å². The van der Waals surface area contributed by atoms with Crippen molar-refractivity contribution >= 4 is 27.5 Å². The van der Waals surface area contributed by atoms with E-state index in [-0.39, 0.29) is 17.7 Å². The van der Waals surface area contributed by atoms with Crippen LogP contribution in [0.25, 0.3) is 5.57 Å². The van der Waals surface area contributed by atoms with E-state index in [0.717, 1.165) is 6.26 Å². The van der Waals surface area contributed by atoms with Gasteiger partial charge in [0.15, 0.2) is 0 Å². The number of rotatable bonds is 6. The molecule has 0 saturated heterocycles. The van der Waals surface area contributed by atoms with Crippen LogP contribution in [0.3, 0.4) is 0 Å². The molecule has 0 aliphatic heterocycles. The lowest BCUT2D eigenvalue weighted by atomic mass is 9.88. The van der Waals surface area contributed by atoms with Crippen LogP contribution in [0.2, 0.25) is 0 Å². The van der Waals surface area contributed by atoms with Crippen LogP contribution in [0.4, 0.5) is 4.39 Å². The summed E-state index contributed by atoms with van der Waals surface area (Å²) in [6.07, 6.45) is 0.869. The van der Waals surface area contributed by atoms with Crippen molar-refractivity contribution in [3.8, 4) is 0 Å². The van der Waals surface area contributed by atoms with Gasteiger partial charge in [0.25, 0.3) is 5.67 Å². The van der Waals surface area contributed by atoms with E-state index in [1.54, 1.807) is 84.9 Å². The fraction of sp³-hybridized carbons (Fsp3) is 0.125. The highest BCUT2D eigenvalue weighted by Crippen LogP contribution is 2.35. The minimum atomic E-state index is -2.44. The Hall–Kier alpha value is -2.92. The Morgan fingerprint density at radius 1 is 0.897 bits per heavy atom. The number of hydrogen-bond acceptors (Lipinski definition) is 3. The molecule has 29 heavy (non-hydrogen) atoms. The molecule has 0 spiro atoms. The lowest BCUT2D eigenvalue weighted by molar-refractivity contribution is -0.154. The molecule has 0 radical (unpaired) electrons. The van der Waals surface area contributed by atoms with E-state index >= 15 is 4.39 Å². The summed E-state index contributed by atoms with van der Waals surface area (Å²) in [7, 11) is 0. The van der Waals surface area contributed by atoms with E-state index in [1.807, 2.05) is 11.9 Å². The van der Waals surface area contributed by atoms with E-state index in [1.165, 1.54) is 0 Å². The third-order valence-electron chi connectivity index (χ3n) is 4.28. The van der Waals surface area contributed by atoms with Gasteiger partial charge >= 0.3 is 5.97 Å². The monoisotopic (exact) mass is 456 g/mol. The van der Waals surface area contributed by atoms with E-state index < -0.39 is 11.6 Å². The topological polar surface area (TPSA) is 46.5 Å². The Kier molecular flexibility index (Phi) is 8.62. The summed E-state index contributed by atoms with van der Waals surface area (Å²) in [5.74, 6) is 0.780. The summed E-state index contributed by atoms with van der Waals surface area (Å²) >= 11 is 2.94. The van der Waals surface area contributed by atoms with Crippen LogP contribution in [0.1, 0.15) is 16.7 Å². The Morgan fingerprint density at radius 3 is 1.72 bits per heavy atom. The van der Waals surface area contributed by atoms with E-state index in [2.05, 4.69) is 15.9 Å². The zero-order valence-electron chi connectivity index (χ0n) is 16.0. The van der Waals surface area contributed by atoms with Crippen molar-refractivity contribution in [2.75, 3.05) is 12.4 Å². The maximum absolute atomic E-state index is 16.1. The molecule has 0 fully saturated rings. The molecule has 0 heterocycles. The molecule has 0 bridgehead atoms. The van der Waals surface area contributed by atoms with E-state index in [0.29, 0.717) is 11.1 Å². The van der Waals surface area contributed by atoms with Crippen LogP contribution in [-0.2, 0) is 15.2 Å². The Labute approximate surface area is 178 Å². The number of benzene rings is 3. The number of alkyl halides is 2. The summed E-state index contributed by atoms with van der Waals surface area (Å²) in [6, 6.07) is 25.4. The maximum atomic E-state index is 16.1.